The number of aliphatic imine (C=N–C) groups is 1. The second-order valence-electron chi connectivity index (χ2n) is 6.62. The number of likely N-dealkylation sites (N-methyl/N-ethyl adjacent to an activating group) is 1. The van der Waals surface area contributed by atoms with Crippen molar-refractivity contribution in [2.45, 2.75) is 51.8 Å². The van der Waals surface area contributed by atoms with E-state index in [0.29, 0.717) is 6.04 Å². The zero-order valence-electron chi connectivity index (χ0n) is 16.3. The Morgan fingerprint density at radius 2 is 2.36 bits per heavy atom. The molecule has 2 atom stereocenters. The minimum Gasteiger partial charge on any atom is -0.375 e. The van der Waals surface area contributed by atoms with Crippen LogP contribution in [-0.2, 0) is 11.3 Å². The molecule has 7 heteroatoms. The zero-order valence-corrected chi connectivity index (χ0v) is 17.1. The highest BCUT2D eigenvalue weighted by Crippen LogP contribution is 2.21. The minimum absolute atomic E-state index is 0.0489. The zero-order chi connectivity index (χ0) is 18.2. The van der Waals surface area contributed by atoms with Gasteiger partial charge in [0.25, 0.3) is 0 Å². The first kappa shape index (κ1) is 20.1. The third-order valence-corrected chi connectivity index (χ3v) is 5.95. The number of piperidine rings is 1. The molecule has 1 aromatic rings. The lowest BCUT2D eigenvalue weighted by Crippen LogP contribution is -2.49. The average Bonchev–Trinajstić information content (AvgIpc) is 3.10. The standard InChI is InChI=1S/C18H33N5OS/c1-6-23-10-8-7-9-16(23)11-20-18(19-3)22(4)12-15-13-25-17(21-15)14(2)24-5/h13-14,16H,6-12H2,1-5H3,(H,19,20). The molecule has 0 saturated carbocycles. The summed E-state index contributed by atoms with van der Waals surface area (Å²) in [6, 6.07) is 0.609. The first-order chi connectivity index (χ1) is 12.1. The Kier molecular flexibility index (Phi) is 8.12. The van der Waals surface area contributed by atoms with E-state index in [2.05, 4.69) is 44.4 Å². The molecule has 0 amide bonds. The first-order valence-corrected chi connectivity index (χ1v) is 10.1. The predicted octanol–water partition coefficient (Wildman–Crippen LogP) is 2.73. The van der Waals surface area contributed by atoms with Gasteiger partial charge in [-0.2, -0.15) is 0 Å². The molecule has 2 rings (SSSR count). The Bertz CT molecular complexity index is 547. The monoisotopic (exact) mass is 367 g/mol. The van der Waals surface area contributed by atoms with E-state index in [0.717, 1.165) is 36.3 Å². The van der Waals surface area contributed by atoms with E-state index in [1.807, 2.05) is 14.0 Å². The largest absolute Gasteiger partial charge is 0.375 e. The van der Waals surface area contributed by atoms with Gasteiger partial charge in [0.1, 0.15) is 11.1 Å². The van der Waals surface area contributed by atoms with Crippen LogP contribution in [0.3, 0.4) is 0 Å². The van der Waals surface area contributed by atoms with Crippen LogP contribution in [0.25, 0.3) is 0 Å². The third kappa shape index (κ3) is 5.66. The summed E-state index contributed by atoms with van der Waals surface area (Å²) in [5.74, 6) is 0.927. The van der Waals surface area contributed by atoms with Gasteiger partial charge in [0.2, 0.25) is 0 Å². The van der Waals surface area contributed by atoms with E-state index >= 15 is 0 Å². The molecule has 0 aromatic carbocycles. The van der Waals surface area contributed by atoms with Crippen LogP contribution in [0.2, 0.25) is 0 Å². The lowest BCUT2D eigenvalue weighted by Gasteiger charge is -2.35. The Balaban J connectivity index is 1.88. The first-order valence-electron chi connectivity index (χ1n) is 9.21. The van der Waals surface area contributed by atoms with E-state index in [1.54, 1.807) is 18.4 Å². The molecule has 142 valence electrons. The van der Waals surface area contributed by atoms with Crippen LogP contribution in [-0.4, -0.2) is 67.6 Å². The van der Waals surface area contributed by atoms with Gasteiger partial charge in [-0.1, -0.05) is 13.3 Å². The molecule has 0 aliphatic carbocycles. The Labute approximate surface area is 156 Å². The lowest BCUT2D eigenvalue weighted by atomic mass is 10.0. The molecule has 1 aliphatic rings. The van der Waals surface area contributed by atoms with Gasteiger partial charge in [-0.15, -0.1) is 11.3 Å². The number of rotatable bonds is 7. The highest BCUT2D eigenvalue weighted by atomic mass is 32.1. The molecule has 1 saturated heterocycles. The van der Waals surface area contributed by atoms with Crippen molar-refractivity contribution in [1.82, 2.24) is 20.1 Å². The van der Waals surface area contributed by atoms with Crippen molar-refractivity contribution in [3.8, 4) is 0 Å². The summed E-state index contributed by atoms with van der Waals surface area (Å²) in [6.07, 6.45) is 3.97. The molecule has 1 aliphatic heterocycles. The topological polar surface area (TPSA) is 53.0 Å². The number of nitrogens with one attached hydrogen (secondary N) is 1. The maximum atomic E-state index is 5.34. The molecular weight excluding hydrogens is 334 g/mol. The van der Waals surface area contributed by atoms with E-state index in [1.165, 1.54) is 25.8 Å². The maximum Gasteiger partial charge on any atom is 0.193 e. The van der Waals surface area contributed by atoms with Gasteiger partial charge in [0.05, 0.1) is 12.2 Å². The number of methoxy groups -OCH3 is 1. The number of likely N-dealkylation sites (tertiary alicyclic amines) is 1. The summed E-state index contributed by atoms with van der Waals surface area (Å²) in [6.45, 7) is 8.32. The molecule has 0 radical (unpaired) electrons. The van der Waals surface area contributed by atoms with Gasteiger partial charge in [0.15, 0.2) is 5.96 Å². The Hall–Kier alpha value is -1.18. The number of hydrogen-bond acceptors (Lipinski definition) is 5. The smallest absolute Gasteiger partial charge is 0.193 e. The van der Waals surface area contributed by atoms with Gasteiger partial charge in [0, 0.05) is 39.2 Å². The molecule has 25 heavy (non-hydrogen) atoms. The number of guanidine groups is 1. The van der Waals surface area contributed by atoms with E-state index in [4.69, 9.17) is 4.74 Å². The second kappa shape index (κ2) is 10.1. The fourth-order valence-corrected chi connectivity index (χ4v) is 4.14. The summed E-state index contributed by atoms with van der Waals surface area (Å²) in [5.41, 5.74) is 1.06. The second-order valence-corrected chi connectivity index (χ2v) is 7.51. The molecule has 0 bridgehead atoms. The normalized spacial score (nSPS) is 20.5. The summed E-state index contributed by atoms with van der Waals surface area (Å²) in [5, 5.41) is 6.68. The van der Waals surface area contributed by atoms with Crippen LogP contribution < -0.4 is 5.32 Å². The number of nitrogens with zero attached hydrogens (tertiary/aromatic N) is 4. The minimum atomic E-state index is 0.0489. The van der Waals surface area contributed by atoms with Crippen LogP contribution in [0.5, 0.6) is 0 Å². The molecule has 1 fully saturated rings. The molecule has 1 aromatic heterocycles. The van der Waals surface area contributed by atoms with E-state index in [-0.39, 0.29) is 6.10 Å². The molecule has 0 spiro atoms. The summed E-state index contributed by atoms with van der Waals surface area (Å²) < 4.78 is 5.34. The lowest BCUT2D eigenvalue weighted by molar-refractivity contribution is 0.119. The summed E-state index contributed by atoms with van der Waals surface area (Å²) in [7, 11) is 5.62. The SMILES string of the molecule is CCN1CCCCC1CNC(=NC)N(C)Cc1csc(C(C)OC)n1. The van der Waals surface area contributed by atoms with Gasteiger partial charge in [-0.3, -0.25) is 9.89 Å². The van der Waals surface area contributed by atoms with Crippen molar-refractivity contribution in [2.24, 2.45) is 4.99 Å². The van der Waals surface area contributed by atoms with Crippen molar-refractivity contribution in [1.29, 1.82) is 0 Å². The van der Waals surface area contributed by atoms with Crippen molar-refractivity contribution < 1.29 is 4.74 Å². The van der Waals surface area contributed by atoms with Gasteiger partial charge in [-0.25, -0.2) is 4.98 Å². The predicted molar refractivity (Wildman–Crippen MR) is 105 cm³/mol. The van der Waals surface area contributed by atoms with Crippen molar-refractivity contribution in [3.05, 3.63) is 16.1 Å². The van der Waals surface area contributed by atoms with Crippen molar-refractivity contribution >= 4 is 17.3 Å². The number of aromatic nitrogens is 1. The molecule has 1 N–H and O–H groups in total. The summed E-state index contributed by atoms with van der Waals surface area (Å²) >= 11 is 1.65. The Morgan fingerprint density at radius 1 is 1.56 bits per heavy atom. The number of hydrogen-bond donors (Lipinski definition) is 1. The van der Waals surface area contributed by atoms with E-state index < -0.39 is 0 Å². The van der Waals surface area contributed by atoms with Crippen LogP contribution in [0.15, 0.2) is 10.4 Å². The quantitative estimate of drug-likeness (QED) is 0.593. The van der Waals surface area contributed by atoms with Gasteiger partial charge < -0.3 is 15.0 Å². The van der Waals surface area contributed by atoms with Crippen molar-refractivity contribution in [3.63, 3.8) is 0 Å². The highest BCUT2D eigenvalue weighted by molar-refractivity contribution is 7.09. The number of ether oxygens (including phenoxy) is 1. The number of thiazole rings is 1. The van der Waals surface area contributed by atoms with Crippen molar-refractivity contribution in [2.75, 3.05) is 40.8 Å². The molecule has 2 heterocycles. The third-order valence-electron chi connectivity index (χ3n) is 4.89. The van der Waals surface area contributed by atoms with Gasteiger partial charge >= 0.3 is 0 Å². The Morgan fingerprint density at radius 3 is 3.04 bits per heavy atom. The fourth-order valence-electron chi connectivity index (χ4n) is 3.30. The average molecular weight is 368 g/mol. The van der Waals surface area contributed by atoms with E-state index in [9.17, 15) is 0 Å². The molecular formula is C18H33N5OS. The van der Waals surface area contributed by atoms with Gasteiger partial charge in [-0.05, 0) is 32.9 Å². The maximum absolute atomic E-state index is 5.34. The van der Waals surface area contributed by atoms with Crippen LogP contribution in [0.1, 0.15) is 49.9 Å². The van der Waals surface area contributed by atoms with Crippen LogP contribution >= 0.6 is 11.3 Å². The fraction of sp³-hybridized carbons (Fsp3) is 0.778. The molecule has 2 unspecified atom stereocenters. The highest BCUT2D eigenvalue weighted by Gasteiger charge is 2.21. The summed E-state index contributed by atoms with van der Waals surface area (Å²) in [4.78, 5) is 13.8. The van der Waals surface area contributed by atoms with Crippen LogP contribution in [0, 0.1) is 0 Å². The van der Waals surface area contributed by atoms with Crippen LogP contribution in [0.4, 0.5) is 0 Å². The molecule has 6 nitrogen and oxygen atoms in total.